The first kappa shape index (κ1) is 10.8. The maximum Gasteiger partial charge on any atom is 0.282 e. The average molecular weight is 242 g/mol. The van der Waals surface area contributed by atoms with Crippen LogP contribution in [-0.2, 0) is 6.54 Å². The molecule has 0 radical (unpaired) electrons. The fourth-order valence-electron chi connectivity index (χ4n) is 1.59. The molecule has 15 heavy (non-hydrogen) atoms. The Morgan fingerprint density at radius 2 is 2.13 bits per heavy atom. The fourth-order valence-corrected chi connectivity index (χ4v) is 2.77. The number of hydrogen-bond donors (Lipinski definition) is 0. The van der Waals surface area contributed by atoms with Crippen molar-refractivity contribution in [2.45, 2.75) is 11.8 Å². The third-order valence-electron chi connectivity index (χ3n) is 2.34. The number of nitrogens with zero attached hydrogens (tertiary/aromatic N) is 1. The van der Waals surface area contributed by atoms with Gasteiger partial charge in [0.25, 0.3) is 5.24 Å². The Hall–Kier alpha value is -0.670. The first-order valence-electron chi connectivity index (χ1n) is 4.85. The molecule has 0 bridgehead atoms. The number of alkyl halides is 1. The lowest BCUT2D eigenvalue weighted by Gasteiger charge is -2.14. The molecule has 0 aliphatic carbocycles. The van der Waals surface area contributed by atoms with Gasteiger partial charge in [-0.2, -0.15) is 0 Å². The molecular weight excluding hydrogens is 230 g/mol. The second-order valence-corrected chi connectivity index (χ2v) is 5.09. The Labute approximate surface area is 98.6 Å². The van der Waals surface area contributed by atoms with Crippen molar-refractivity contribution in [2.75, 3.05) is 12.4 Å². The summed E-state index contributed by atoms with van der Waals surface area (Å²) in [5, 5.41) is 0.396. The van der Waals surface area contributed by atoms with Gasteiger partial charge in [0.15, 0.2) is 0 Å². The summed E-state index contributed by atoms with van der Waals surface area (Å²) >= 11 is 7.09. The van der Waals surface area contributed by atoms with Crippen molar-refractivity contribution in [2.24, 2.45) is 0 Å². The van der Waals surface area contributed by atoms with Gasteiger partial charge < -0.3 is 4.90 Å². The van der Waals surface area contributed by atoms with Crippen LogP contribution in [0.5, 0.6) is 0 Å². The minimum atomic E-state index is 0.143. The van der Waals surface area contributed by atoms with Crippen molar-refractivity contribution in [3.05, 3.63) is 35.9 Å². The van der Waals surface area contributed by atoms with E-state index in [1.165, 1.54) is 17.3 Å². The van der Waals surface area contributed by atoms with Crippen molar-refractivity contribution in [1.29, 1.82) is 0 Å². The van der Waals surface area contributed by atoms with Gasteiger partial charge in [-0.05, 0) is 5.56 Å². The zero-order chi connectivity index (χ0) is 10.7. The molecule has 1 aliphatic rings. The number of benzene rings is 1. The Kier molecular flexibility index (Phi) is 3.54. The number of hydrogen-bond acceptors (Lipinski definition) is 2. The molecule has 80 valence electrons. The van der Waals surface area contributed by atoms with E-state index >= 15 is 0 Å². The molecule has 2 rings (SSSR count). The second-order valence-electron chi connectivity index (χ2n) is 3.53. The maximum absolute atomic E-state index is 11.6. The molecule has 1 heterocycles. The quantitative estimate of drug-likeness (QED) is 0.759. The molecular formula is C11H12ClNOS. The summed E-state index contributed by atoms with van der Waals surface area (Å²) in [5.41, 5.74) is 1.17. The van der Waals surface area contributed by atoms with E-state index in [0.717, 1.165) is 6.54 Å². The lowest BCUT2D eigenvalue weighted by molar-refractivity contribution is 0.226. The van der Waals surface area contributed by atoms with Gasteiger partial charge in [-0.15, -0.1) is 11.6 Å². The van der Waals surface area contributed by atoms with Crippen LogP contribution in [0.3, 0.4) is 0 Å². The van der Waals surface area contributed by atoms with Crippen LogP contribution in [0.15, 0.2) is 30.3 Å². The Morgan fingerprint density at radius 1 is 1.40 bits per heavy atom. The van der Waals surface area contributed by atoms with Gasteiger partial charge in [-0.25, -0.2) is 0 Å². The van der Waals surface area contributed by atoms with E-state index < -0.39 is 0 Å². The molecule has 0 N–H and O–H groups in total. The van der Waals surface area contributed by atoms with E-state index in [-0.39, 0.29) is 10.5 Å². The van der Waals surface area contributed by atoms with Crippen LogP contribution in [0.2, 0.25) is 0 Å². The molecule has 0 aromatic heterocycles. The van der Waals surface area contributed by atoms with Crippen LogP contribution >= 0.6 is 23.4 Å². The minimum Gasteiger partial charge on any atom is -0.328 e. The molecule has 0 saturated carbocycles. The third kappa shape index (κ3) is 2.67. The van der Waals surface area contributed by atoms with Crippen LogP contribution in [0.4, 0.5) is 4.79 Å². The summed E-state index contributed by atoms with van der Waals surface area (Å²) in [6.07, 6.45) is 0. The Morgan fingerprint density at radius 3 is 2.73 bits per heavy atom. The van der Waals surface area contributed by atoms with E-state index in [1.807, 2.05) is 35.2 Å². The molecule has 1 aliphatic heterocycles. The summed E-state index contributed by atoms with van der Waals surface area (Å²) in [4.78, 5) is 13.4. The molecule has 2 nitrogen and oxygen atoms in total. The maximum atomic E-state index is 11.6. The first-order valence-corrected chi connectivity index (χ1v) is 6.26. The number of thioether (sulfide) groups is 1. The van der Waals surface area contributed by atoms with E-state index in [0.29, 0.717) is 12.4 Å². The standard InChI is InChI=1S/C11H12ClNOS/c12-6-10-8-13(11(14)15-10)7-9-4-2-1-3-5-9/h1-5,10H,6-8H2. The SMILES string of the molecule is O=C1SC(CCl)CN1Cc1ccccc1. The van der Waals surface area contributed by atoms with E-state index in [1.54, 1.807) is 0 Å². The zero-order valence-corrected chi connectivity index (χ0v) is 9.80. The van der Waals surface area contributed by atoms with Gasteiger partial charge in [-0.1, -0.05) is 42.1 Å². The first-order chi connectivity index (χ1) is 7.29. The molecule has 1 aromatic rings. The smallest absolute Gasteiger partial charge is 0.282 e. The van der Waals surface area contributed by atoms with Crippen LogP contribution < -0.4 is 0 Å². The second kappa shape index (κ2) is 4.90. The molecule has 4 heteroatoms. The minimum absolute atomic E-state index is 0.143. The topological polar surface area (TPSA) is 20.3 Å². The fraction of sp³-hybridized carbons (Fsp3) is 0.364. The molecule has 1 amide bonds. The van der Waals surface area contributed by atoms with Crippen molar-refractivity contribution in [3.8, 4) is 0 Å². The Balaban J connectivity index is 1.99. The van der Waals surface area contributed by atoms with Gasteiger partial charge in [-0.3, -0.25) is 4.79 Å². The van der Waals surface area contributed by atoms with Crippen molar-refractivity contribution in [3.63, 3.8) is 0 Å². The molecule has 1 atom stereocenters. The highest BCUT2D eigenvalue weighted by atomic mass is 35.5. The largest absolute Gasteiger partial charge is 0.328 e. The van der Waals surface area contributed by atoms with Crippen molar-refractivity contribution < 1.29 is 4.79 Å². The highest BCUT2D eigenvalue weighted by Crippen LogP contribution is 2.27. The number of rotatable bonds is 3. The summed E-state index contributed by atoms with van der Waals surface area (Å²) in [5.74, 6) is 0.543. The summed E-state index contributed by atoms with van der Waals surface area (Å²) in [7, 11) is 0. The van der Waals surface area contributed by atoms with E-state index in [9.17, 15) is 4.79 Å². The molecule has 0 spiro atoms. The lowest BCUT2D eigenvalue weighted by Crippen LogP contribution is -2.24. The summed E-state index contributed by atoms with van der Waals surface area (Å²) in [6, 6.07) is 10.0. The van der Waals surface area contributed by atoms with E-state index in [4.69, 9.17) is 11.6 Å². The molecule has 1 unspecified atom stereocenters. The van der Waals surface area contributed by atoms with Gasteiger partial charge in [0.1, 0.15) is 0 Å². The number of amides is 1. The van der Waals surface area contributed by atoms with Crippen molar-refractivity contribution in [1.82, 2.24) is 4.90 Å². The van der Waals surface area contributed by atoms with Crippen LogP contribution in [0.1, 0.15) is 5.56 Å². The highest BCUT2D eigenvalue weighted by molar-refractivity contribution is 8.14. The van der Waals surface area contributed by atoms with Gasteiger partial charge in [0.05, 0.1) is 0 Å². The molecule has 1 aromatic carbocycles. The lowest BCUT2D eigenvalue weighted by atomic mass is 10.2. The van der Waals surface area contributed by atoms with Gasteiger partial charge in [0.2, 0.25) is 0 Å². The number of halogens is 1. The summed E-state index contributed by atoms with van der Waals surface area (Å²) in [6.45, 7) is 1.46. The molecule has 1 fully saturated rings. The van der Waals surface area contributed by atoms with Crippen LogP contribution in [0, 0.1) is 0 Å². The predicted molar refractivity (Wildman–Crippen MR) is 64.3 cm³/mol. The highest BCUT2D eigenvalue weighted by Gasteiger charge is 2.29. The normalized spacial score (nSPS) is 21.0. The third-order valence-corrected chi connectivity index (χ3v) is 4.00. The van der Waals surface area contributed by atoms with Gasteiger partial charge >= 0.3 is 0 Å². The van der Waals surface area contributed by atoms with Crippen LogP contribution in [0.25, 0.3) is 0 Å². The zero-order valence-electron chi connectivity index (χ0n) is 8.23. The number of carbonyl (C=O) groups excluding carboxylic acids is 1. The monoisotopic (exact) mass is 241 g/mol. The predicted octanol–water partition coefficient (Wildman–Crippen LogP) is 2.96. The van der Waals surface area contributed by atoms with E-state index in [2.05, 4.69) is 0 Å². The average Bonchev–Trinajstić information content (AvgIpc) is 2.61. The molecule has 1 saturated heterocycles. The number of carbonyl (C=O) groups is 1. The summed E-state index contributed by atoms with van der Waals surface area (Å²) < 4.78 is 0. The van der Waals surface area contributed by atoms with Crippen molar-refractivity contribution >= 4 is 28.6 Å². The van der Waals surface area contributed by atoms with Gasteiger partial charge in [0, 0.05) is 24.2 Å². The Bertz CT molecular complexity index is 344. The van der Waals surface area contributed by atoms with Crippen LogP contribution in [-0.4, -0.2) is 27.8 Å².